The molecule has 3 aliphatic heterocycles. The fraction of sp³-hybridized carbons (Fsp3) is 0.810. The molecule has 0 spiro atoms. The Kier molecular flexibility index (Phi) is 6.57. The maximum atomic E-state index is 13.7. The largest absolute Gasteiger partial charge is 0.379 e. The van der Waals surface area contributed by atoms with Crippen molar-refractivity contribution in [2.45, 2.75) is 51.6 Å². The van der Waals surface area contributed by atoms with Crippen molar-refractivity contribution < 1.29 is 18.3 Å². The Morgan fingerprint density at radius 1 is 1.33 bits per heavy atom. The fourth-order valence-corrected chi connectivity index (χ4v) is 5.11. The molecule has 2 fully saturated rings. The van der Waals surface area contributed by atoms with Crippen molar-refractivity contribution >= 4 is 11.7 Å². The highest BCUT2D eigenvalue weighted by atomic mass is 19.3. The van der Waals surface area contributed by atoms with Crippen LogP contribution >= 0.6 is 0 Å². The van der Waals surface area contributed by atoms with Crippen molar-refractivity contribution in [3.8, 4) is 0 Å². The van der Waals surface area contributed by atoms with Gasteiger partial charge < -0.3 is 15.0 Å². The molecule has 3 aliphatic rings. The first-order chi connectivity index (χ1) is 14.4. The molecule has 1 amide bonds. The topological polar surface area (TPSA) is 62.6 Å². The Morgan fingerprint density at radius 3 is 2.83 bits per heavy atom. The van der Waals surface area contributed by atoms with Crippen LogP contribution in [0.4, 0.5) is 14.6 Å². The van der Waals surface area contributed by atoms with Gasteiger partial charge in [-0.3, -0.25) is 9.69 Å². The summed E-state index contributed by atoms with van der Waals surface area (Å²) in [6.45, 7) is 9.14. The number of hydrogen-bond donors (Lipinski definition) is 1. The molecule has 0 aliphatic carbocycles. The number of anilines is 1. The minimum absolute atomic E-state index is 0.0703. The van der Waals surface area contributed by atoms with Gasteiger partial charge in [-0.2, -0.15) is 5.10 Å². The molecule has 1 N–H and O–H groups in total. The van der Waals surface area contributed by atoms with E-state index >= 15 is 0 Å². The van der Waals surface area contributed by atoms with E-state index < -0.39 is 12.5 Å². The van der Waals surface area contributed by atoms with E-state index in [-0.39, 0.29) is 23.8 Å². The average molecular weight is 426 g/mol. The van der Waals surface area contributed by atoms with Crippen molar-refractivity contribution in [2.24, 2.45) is 11.8 Å². The fourth-order valence-electron chi connectivity index (χ4n) is 5.11. The Balaban J connectivity index is 1.39. The van der Waals surface area contributed by atoms with E-state index in [1.165, 1.54) is 4.68 Å². The first-order valence-electron chi connectivity index (χ1n) is 11.1. The number of alkyl halides is 2. The summed E-state index contributed by atoms with van der Waals surface area (Å²) < 4.78 is 34.3. The number of morpholine rings is 1. The highest BCUT2D eigenvalue weighted by Gasteiger charge is 2.39. The van der Waals surface area contributed by atoms with Crippen LogP contribution in [0.15, 0.2) is 6.07 Å². The van der Waals surface area contributed by atoms with Crippen molar-refractivity contribution in [1.29, 1.82) is 0 Å². The minimum atomic E-state index is -2.46. The van der Waals surface area contributed by atoms with Crippen molar-refractivity contribution in [3.05, 3.63) is 11.8 Å². The first kappa shape index (κ1) is 21.5. The third-order valence-corrected chi connectivity index (χ3v) is 6.69. The van der Waals surface area contributed by atoms with Crippen LogP contribution < -0.4 is 5.32 Å². The quantitative estimate of drug-likeness (QED) is 0.785. The van der Waals surface area contributed by atoms with Gasteiger partial charge in [0.05, 0.1) is 18.9 Å². The predicted molar refractivity (Wildman–Crippen MR) is 110 cm³/mol. The summed E-state index contributed by atoms with van der Waals surface area (Å²) in [7, 11) is 0. The van der Waals surface area contributed by atoms with Crippen LogP contribution in [0.2, 0.25) is 0 Å². The van der Waals surface area contributed by atoms with E-state index in [1.54, 1.807) is 0 Å². The van der Waals surface area contributed by atoms with Gasteiger partial charge in [0.2, 0.25) is 5.91 Å². The predicted octanol–water partition coefficient (Wildman–Crippen LogP) is 2.39. The normalized spacial score (nSPS) is 28.8. The standard InChI is InChI=1S/C21H33F2N5O2/c1-14(12-26-6-8-30-9-7-26)21(29)27-5-3-4-16(13-27)17-11-18(20(22)23)28-19(24-17)10-15(2)25-28/h10,14,16-18,20,24H,3-9,11-13H2,1-2H3/t14-,16+,17+,18-/m1/s1. The number of piperidine rings is 1. The molecule has 0 unspecified atom stereocenters. The summed E-state index contributed by atoms with van der Waals surface area (Å²) in [6, 6.07) is 0.849. The molecule has 168 valence electrons. The number of carbonyl (C=O) groups is 1. The van der Waals surface area contributed by atoms with E-state index in [0.717, 1.165) is 57.9 Å². The number of likely N-dealkylation sites (tertiary alicyclic amines) is 1. The summed E-state index contributed by atoms with van der Waals surface area (Å²) in [5.74, 6) is 0.939. The molecule has 0 radical (unpaired) electrons. The summed E-state index contributed by atoms with van der Waals surface area (Å²) in [4.78, 5) is 17.3. The molecule has 9 heteroatoms. The maximum absolute atomic E-state index is 13.7. The Labute approximate surface area is 176 Å². The van der Waals surface area contributed by atoms with E-state index in [9.17, 15) is 13.6 Å². The van der Waals surface area contributed by atoms with Gasteiger partial charge in [0.25, 0.3) is 6.43 Å². The van der Waals surface area contributed by atoms with Crippen LogP contribution in [-0.2, 0) is 9.53 Å². The van der Waals surface area contributed by atoms with Crippen LogP contribution in [0.25, 0.3) is 0 Å². The highest BCUT2D eigenvalue weighted by Crippen LogP contribution is 2.36. The third-order valence-electron chi connectivity index (χ3n) is 6.69. The van der Waals surface area contributed by atoms with Gasteiger partial charge in [-0.1, -0.05) is 6.92 Å². The number of aryl methyl sites for hydroxylation is 1. The number of halogens is 2. The number of carbonyl (C=O) groups excluding carboxylic acids is 1. The summed E-state index contributed by atoms with van der Waals surface area (Å²) in [5, 5.41) is 7.69. The Hall–Kier alpha value is -1.74. The molecule has 4 atom stereocenters. The molecule has 2 saturated heterocycles. The molecule has 4 heterocycles. The van der Waals surface area contributed by atoms with Gasteiger partial charge in [-0.05, 0) is 32.1 Å². The van der Waals surface area contributed by atoms with Crippen molar-refractivity contribution in [2.75, 3.05) is 51.3 Å². The van der Waals surface area contributed by atoms with Gasteiger partial charge in [-0.25, -0.2) is 13.5 Å². The van der Waals surface area contributed by atoms with Crippen molar-refractivity contribution in [1.82, 2.24) is 19.6 Å². The van der Waals surface area contributed by atoms with Crippen LogP contribution in [0.5, 0.6) is 0 Å². The number of rotatable bonds is 5. The smallest absolute Gasteiger partial charge is 0.260 e. The summed E-state index contributed by atoms with van der Waals surface area (Å²) in [6.07, 6.45) is -0.261. The molecule has 30 heavy (non-hydrogen) atoms. The average Bonchev–Trinajstić information content (AvgIpc) is 3.13. The number of nitrogens with one attached hydrogen (secondary N) is 1. The maximum Gasteiger partial charge on any atom is 0.260 e. The monoisotopic (exact) mass is 425 g/mol. The second kappa shape index (κ2) is 9.18. The number of aromatic nitrogens is 2. The molecule has 7 nitrogen and oxygen atoms in total. The number of ether oxygens (including phenoxy) is 1. The molecule has 1 aromatic rings. The van der Waals surface area contributed by atoms with Gasteiger partial charge >= 0.3 is 0 Å². The van der Waals surface area contributed by atoms with Crippen LogP contribution in [-0.4, -0.2) is 83.9 Å². The van der Waals surface area contributed by atoms with E-state index in [4.69, 9.17) is 4.74 Å². The molecular weight excluding hydrogens is 392 g/mol. The lowest BCUT2D eigenvalue weighted by atomic mass is 9.85. The zero-order chi connectivity index (χ0) is 21.3. The zero-order valence-electron chi connectivity index (χ0n) is 17.9. The summed E-state index contributed by atoms with van der Waals surface area (Å²) in [5.41, 5.74) is 0.737. The van der Waals surface area contributed by atoms with E-state index in [2.05, 4.69) is 15.3 Å². The lowest BCUT2D eigenvalue weighted by Gasteiger charge is -2.42. The molecule has 0 bridgehead atoms. The number of hydrogen-bond acceptors (Lipinski definition) is 5. The third kappa shape index (κ3) is 4.61. The second-order valence-corrected chi connectivity index (χ2v) is 9.00. The molecular formula is C21H33F2N5O2. The highest BCUT2D eigenvalue weighted by molar-refractivity contribution is 5.78. The molecule has 0 aromatic carbocycles. The number of nitrogens with zero attached hydrogens (tertiary/aromatic N) is 4. The lowest BCUT2D eigenvalue weighted by molar-refractivity contribution is -0.138. The molecule has 4 rings (SSSR count). The van der Waals surface area contributed by atoms with Gasteiger partial charge in [-0.15, -0.1) is 0 Å². The number of amides is 1. The van der Waals surface area contributed by atoms with Crippen LogP contribution in [0, 0.1) is 18.8 Å². The van der Waals surface area contributed by atoms with Crippen LogP contribution in [0.1, 0.15) is 37.9 Å². The van der Waals surface area contributed by atoms with Crippen LogP contribution in [0.3, 0.4) is 0 Å². The van der Waals surface area contributed by atoms with Gasteiger partial charge in [0.1, 0.15) is 11.9 Å². The summed E-state index contributed by atoms with van der Waals surface area (Å²) >= 11 is 0. The Morgan fingerprint density at radius 2 is 2.10 bits per heavy atom. The van der Waals surface area contributed by atoms with Gasteiger partial charge in [0.15, 0.2) is 0 Å². The first-order valence-corrected chi connectivity index (χ1v) is 11.1. The van der Waals surface area contributed by atoms with Gasteiger partial charge in [0, 0.05) is 50.7 Å². The molecule has 1 aromatic heterocycles. The Bertz CT molecular complexity index is 737. The van der Waals surface area contributed by atoms with E-state index in [1.807, 2.05) is 24.8 Å². The molecule has 0 saturated carbocycles. The second-order valence-electron chi connectivity index (χ2n) is 9.00. The zero-order valence-corrected chi connectivity index (χ0v) is 17.9. The van der Waals surface area contributed by atoms with Crippen molar-refractivity contribution in [3.63, 3.8) is 0 Å². The minimum Gasteiger partial charge on any atom is -0.379 e. The number of fused-ring (bicyclic) bond motifs is 1. The van der Waals surface area contributed by atoms with E-state index in [0.29, 0.717) is 18.8 Å². The SMILES string of the molecule is Cc1cc2n(n1)[C@@H](C(F)F)C[C@@H]([C@H]1CCCN(C(=O)[C@H](C)CN3CCOCC3)C1)N2. The lowest BCUT2D eigenvalue weighted by Crippen LogP contribution is -2.50.